The van der Waals surface area contributed by atoms with Crippen molar-refractivity contribution < 1.29 is 15.3 Å². The van der Waals surface area contributed by atoms with Crippen molar-refractivity contribution in [2.75, 3.05) is 0 Å². The molecule has 0 aliphatic heterocycles. The Morgan fingerprint density at radius 1 is 0.476 bits per heavy atom. The first-order chi connectivity index (χ1) is 10.1. The van der Waals surface area contributed by atoms with E-state index in [1.807, 2.05) is 12.1 Å². The molecule has 0 amide bonds. The topological polar surface area (TPSA) is 60.7 Å². The average molecular weight is 278 g/mol. The first kappa shape index (κ1) is 13.1. The summed E-state index contributed by atoms with van der Waals surface area (Å²) in [6.07, 6.45) is 0. The van der Waals surface area contributed by atoms with E-state index >= 15 is 0 Å². The van der Waals surface area contributed by atoms with E-state index in [9.17, 15) is 15.3 Å². The van der Waals surface area contributed by atoms with Gasteiger partial charge in [-0.3, -0.25) is 0 Å². The Labute approximate surface area is 122 Å². The molecule has 3 aromatic rings. The minimum absolute atomic E-state index is 0.172. The van der Waals surface area contributed by atoms with Crippen LogP contribution in [0.15, 0.2) is 66.7 Å². The quantitative estimate of drug-likeness (QED) is 0.660. The molecular weight excluding hydrogens is 264 g/mol. The summed E-state index contributed by atoms with van der Waals surface area (Å²) in [4.78, 5) is 0. The monoisotopic (exact) mass is 278 g/mol. The van der Waals surface area contributed by atoms with E-state index in [-0.39, 0.29) is 17.2 Å². The molecule has 0 atom stereocenters. The molecule has 0 heterocycles. The number of hydrogen-bond acceptors (Lipinski definition) is 3. The molecule has 0 saturated carbocycles. The summed E-state index contributed by atoms with van der Waals surface area (Å²) in [6, 6.07) is 18.9. The minimum atomic E-state index is 0.172. The third-order valence-electron chi connectivity index (χ3n) is 3.38. The maximum Gasteiger partial charge on any atom is 0.124 e. The van der Waals surface area contributed by atoms with Gasteiger partial charge in [-0.2, -0.15) is 0 Å². The van der Waals surface area contributed by atoms with Crippen LogP contribution < -0.4 is 0 Å². The molecular formula is C18H14O3. The lowest BCUT2D eigenvalue weighted by atomic mass is 9.99. The SMILES string of the molecule is Oc1ccc(-c2ccc(-c3ccc(O)cc3)c(O)c2)cc1. The number of benzene rings is 3. The zero-order valence-electron chi connectivity index (χ0n) is 11.2. The lowest BCUT2D eigenvalue weighted by Crippen LogP contribution is -1.82. The van der Waals surface area contributed by atoms with Crippen LogP contribution in [0, 0.1) is 0 Å². The van der Waals surface area contributed by atoms with E-state index < -0.39 is 0 Å². The van der Waals surface area contributed by atoms with Gasteiger partial charge in [0.05, 0.1) is 0 Å². The third kappa shape index (κ3) is 2.67. The van der Waals surface area contributed by atoms with Crippen LogP contribution in [0.25, 0.3) is 22.3 Å². The van der Waals surface area contributed by atoms with Crippen LogP contribution in [0.1, 0.15) is 0 Å². The van der Waals surface area contributed by atoms with Crippen LogP contribution in [0.2, 0.25) is 0 Å². The Morgan fingerprint density at radius 3 is 1.48 bits per heavy atom. The van der Waals surface area contributed by atoms with Crippen molar-refractivity contribution in [2.45, 2.75) is 0 Å². The largest absolute Gasteiger partial charge is 0.508 e. The third-order valence-corrected chi connectivity index (χ3v) is 3.38. The highest BCUT2D eigenvalue weighted by Gasteiger charge is 2.07. The normalized spacial score (nSPS) is 10.5. The smallest absolute Gasteiger partial charge is 0.124 e. The van der Waals surface area contributed by atoms with Crippen molar-refractivity contribution in [3.05, 3.63) is 66.7 Å². The highest BCUT2D eigenvalue weighted by Crippen LogP contribution is 2.34. The zero-order chi connectivity index (χ0) is 14.8. The van der Waals surface area contributed by atoms with E-state index in [1.54, 1.807) is 54.6 Å². The lowest BCUT2D eigenvalue weighted by Gasteiger charge is -2.08. The Morgan fingerprint density at radius 2 is 0.952 bits per heavy atom. The maximum absolute atomic E-state index is 10.2. The molecule has 3 rings (SSSR count). The Bertz CT molecular complexity index is 759. The fourth-order valence-electron chi connectivity index (χ4n) is 2.25. The van der Waals surface area contributed by atoms with E-state index in [0.29, 0.717) is 5.56 Å². The first-order valence-electron chi connectivity index (χ1n) is 6.55. The molecule has 3 nitrogen and oxygen atoms in total. The van der Waals surface area contributed by atoms with Gasteiger partial charge in [0.1, 0.15) is 17.2 Å². The van der Waals surface area contributed by atoms with Crippen molar-refractivity contribution >= 4 is 0 Å². The van der Waals surface area contributed by atoms with Crippen LogP contribution in [0.3, 0.4) is 0 Å². The van der Waals surface area contributed by atoms with Crippen molar-refractivity contribution in [1.29, 1.82) is 0 Å². The van der Waals surface area contributed by atoms with Gasteiger partial charge in [-0.15, -0.1) is 0 Å². The molecule has 104 valence electrons. The van der Waals surface area contributed by atoms with Gasteiger partial charge in [-0.1, -0.05) is 36.4 Å². The van der Waals surface area contributed by atoms with E-state index in [2.05, 4.69) is 0 Å². The molecule has 0 aliphatic carbocycles. The average Bonchev–Trinajstić information content (AvgIpc) is 2.49. The highest BCUT2D eigenvalue weighted by atomic mass is 16.3. The van der Waals surface area contributed by atoms with Gasteiger partial charge in [-0.25, -0.2) is 0 Å². The van der Waals surface area contributed by atoms with Crippen LogP contribution in [0.4, 0.5) is 0 Å². The molecule has 0 aliphatic rings. The predicted octanol–water partition coefficient (Wildman–Crippen LogP) is 4.14. The fraction of sp³-hybridized carbons (Fsp3) is 0. The summed E-state index contributed by atoms with van der Waals surface area (Å²) in [6.45, 7) is 0. The van der Waals surface area contributed by atoms with Gasteiger partial charge in [0.15, 0.2) is 0 Å². The van der Waals surface area contributed by atoms with Crippen LogP contribution in [-0.2, 0) is 0 Å². The molecule has 0 bridgehead atoms. The molecule has 21 heavy (non-hydrogen) atoms. The van der Waals surface area contributed by atoms with E-state index in [4.69, 9.17) is 0 Å². The van der Waals surface area contributed by atoms with Crippen LogP contribution in [0.5, 0.6) is 17.2 Å². The van der Waals surface area contributed by atoms with Crippen molar-refractivity contribution in [1.82, 2.24) is 0 Å². The standard InChI is InChI=1S/C18H14O3/c19-15-6-1-12(2-7-15)14-5-10-17(18(21)11-14)13-3-8-16(20)9-4-13/h1-11,19-21H. The number of phenols is 3. The zero-order valence-corrected chi connectivity index (χ0v) is 11.2. The molecule has 0 saturated heterocycles. The second kappa shape index (κ2) is 5.21. The summed E-state index contributed by atoms with van der Waals surface area (Å²) in [7, 11) is 0. The van der Waals surface area contributed by atoms with Gasteiger partial charge in [-0.05, 0) is 47.0 Å². The summed E-state index contributed by atoms with van der Waals surface area (Å²) in [5.74, 6) is 0.578. The van der Waals surface area contributed by atoms with E-state index in [0.717, 1.165) is 16.7 Å². The Balaban J connectivity index is 1.99. The van der Waals surface area contributed by atoms with Gasteiger partial charge in [0, 0.05) is 5.56 Å². The number of hydrogen-bond donors (Lipinski definition) is 3. The summed E-state index contributed by atoms with van der Waals surface area (Å²) in [5, 5.41) is 28.8. The van der Waals surface area contributed by atoms with Crippen molar-refractivity contribution in [3.63, 3.8) is 0 Å². The maximum atomic E-state index is 10.2. The van der Waals surface area contributed by atoms with Crippen molar-refractivity contribution in [2.24, 2.45) is 0 Å². The molecule has 3 N–H and O–H groups in total. The molecule has 3 aromatic carbocycles. The van der Waals surface area contributed by atoms with Crippen LogP contribution >= 0.6 is 0 Å². The highest BCUT2D eigenvalue weighted by molar-refractivity contribution is 5.76. The van der Waals surface area contributed by atoms with Crippen LogP contribution in [-0.4, -0.2) is 15.3 Å². The van der Waals surface area contributed by atoms with Gasteiger partial charge in [0.2, 0.25) is 0 Å². The molecule has 0 fully saturated rings. The molecule has 0 spiro atoms. The number of rotatable bonds is 2. The fourth-order valence-corrected chi connectivity index (χ4v) is 2.25. The molecule has 3 heteroatoms. The summed E-state index contributed by atoms with van der Waals surface area (Å²) >= 11 is 0. The first-order valence-corrected chi connectivity index (χ1v) is 6.55. The lowest BCUT2D eigenvalue weighted by molar-refractivity contribution is 0.474. The number of phenolic OH excluding ortho intramolecular Hbond substituents is 3. The molecule has 0 aromatic heterocycles. The van der Waals surface area contributed by atoms with Gasteiger partial charge < -0.3 is 15.3 Å². The molecule has 0 radical (unpaired) electrons. The van der Waals surface area contributed by atoms with Gasteiger partial charge >= 0.3 is 0 Å². The Kier molecular flexibility index (Phi) is 3.24. The minimum Gasteiger partial charge on any atom is -0.508 e. The summed E-state index contributed by atoms with van der Waals surface area (Å²) in [5.41, 5.74) is 3.33. The number of aromatic hydroxyl groups is 3. The Hall–Kier alpha value is -2.94. The van der Waals surface area contributed by atoms with Gasteiger partial charge in [0.25, 0.3) is 0 Å². The predicted molar refractivity (Wildman–Crippen MR) is 82.3 cm³/mol. The second-order valence-corrected chi connectivity index (χ2v) is 4.83. The van der Waals surface area contributed by atoms with E-state index in [1.165, 1.54) is 0 Å². The van der Waals surface area contributed by atoms with Crippen molar-refractivity contribution in [3.8, 4) is 39.5 Å². The second-order valence-electron chi connectivity index (χ2n) is 4.83. The summed E-state index contributed by atoms with van der Waals surface area (Å²) < 4.78 is 0. The molecule has 0 unspecified atom stereocenters.